The van der Waals surface area contributed by atoms with Gasteiger partial charge in [-0.15, -0.1) is 0 Å². The summed E-state index contributed by atoms with van der Waals surface area (Å²) < 4.78 is 0. The molecule has 15 heavy (non-hydrogen) atoms. The lowest BCUT2D eigenvalue weighted by molar-refractivity contribution is 0.477. The van der Waals surface area contributed by atoms with Crippen LogP contribution in [0.1, 0.15) is 50.2 Å². The van der Waals surface area contributed by atoms with Gasteiger partial charge in [-0.1, -0.05) is 24.3 Å². The third kappa shape index (κ3) is 3.35. The van der Waals surface area contributed by atoms with Crippen LogP contribution in [0.5, 0.6) is 0 Å². The number of rotatable bonds is 4. The Bertz CT molecular complexity index is 314. The van der Waals surface area contributed by atoms with Crippen LogP contribution in [0.4, 0.5) is 0 Å². The Balaban J connectivity index is 1.92. The minimum absolute atomic E-state index is 0.0465. The highest BCUT2D eigenvalue weighted by molar-refractivity contribution is 5.28. The predicted octanol–water partition coefficient (Wildman–Crippen LogP) is 3.23. The first-order valence-electron chi connectivity index (χ1n) is 5.92. The van der Waals surface area contributed by atoms with Crippen LogP contribution >= 0.6 is 0 Å². The fourth-order valence-electron chi connectivity index (χ4n) is 1.84. The molecule has 0 aliphatic heterocycles. The van der Waals surface area contributed by atoms with Gasteiger partial charge in [0, 0.05) is 5.54 Å². The molecule has 1 nitrogen and oxygen atoms in total. The van der Waals surface area contributed by atoms with Crippen LogP contribution in [0.15, 0.2) is 24.3 Å². The zero-order chi connectivity index (χ0) is 10.9. The Kier molecular flexibility index (Phi) is 2.83. The first-order chi connectivity index (χ1) is 7.04. The molecule has 1 aliphatic rings. The summed E-state index contributed by atoms with van der Waals surface area (Å²) in [7, 11) is 0. The van der Waals surface area contributed by atoms with Gasteiger partial charge in [-0.25, -0.2) is 0 Å². The smallest absolute Gasteiger partial charge is 0.0100 e. The lowest BCUT2D eigenvalue weighted by atomic mass is 9.96. The maximum atomic E-state index is 5.97. The molecule has 1 aliphatic carbocycles. The molecule has 1 fully saturated rings. The van der Waals surface area contributed by atoms with Gasteiger partial charge in [-0.05, 0) is 56.6 Å². The molecule has 0 aromatic heterocycles. The second kappa shape index (κ2) is 3.97. The molecule has 1 heteroatoms. The zero-order valence-electron chi connectivity index (χ0n) is 9.79. The lowest BCUT2D eigenvalue weighted by Gasteiger charge is -2.18. The number of benzene rings is 1. The van der Waals surface area contributed by atoms with Crippen LogP contribution < -0.4 is 5.73 Å². The molecule has 1 aromatic carbocycles. The maximum absolute atomic E-state index is 5.97. The predicted molar refractivity (Wildman–Crippen MR) is 65.0 cm³/mol. The quantitative estimate of drug-likeness (QED) is 0.798. The van der Waals surface area contributed by atoms with Crippen molar-refractivity contribution in [1.82, 2.24) is 0 Å². The van der Waals surface area contributed by atoms with Crippen LogP contribution in [0.25, 0.3) is 0 Å². The van der Waals surface area contributed by atoms with E-state index in [1.807, 2.05) is 0 Å². The number of aryl methyl sites for hydroxylation is 1. The van der Waals surface area contributed by atoms with Gasteiger partial charge in [0.05, 0.1) is 0 Å². The van der Waals surface area contributed by atoms with Gasteiger partial charge in [-0.2, -0.15) is 0 Å². The molecule has 2 N–H and O–H groups in total. The third-order valence-electron chi connectivity index (χ3n) is 3.09. The van der Waals surface area contributed by atoms with Gasteiger partial charge in [0.1, 0.15) is 0 Å². The Labute approximate surface area is 92.7 Å². The van der Waals surface area contributed by atoms with Gasteiger partial charge in [0.15, 0.2) is 0 Å². The second-order valence-electron chi connectivity index (χ2n) is 5.50. The molecule has 0 radical (unpaired) electrons. The van der Waals surface area contributed by atoms with Crippen molar-refractivity contribution in [3.05, 3.63) is 35.4 Å². The highest BCUT2D eigenvalue weighted by atomic mass is 14.7. The molecule has 0 heterocycles. The van der Waals surface area contributed by atoms with E-state index >= 15 is 0 Å². The van der Waals surface area contributed by atoms with E-state index < -0.39 is 0 Å². The molecule has 0 bridgehead atoms. The van der Waals surface area contributed by atoms with E-state index in [1.54, 1.807) is 0 Å². The first kappa shape index (κ1) is 10.7. The SMILES string of the molecule is CC(C)(N)CCc1ccc(C2CC2)cc1. The molecule has 0 saturated heterocycles. The number of hydrogen-bond acceptors (Lipinski definition) is 1. The molecule has 0 atom stereocenters. The summed E-state index contributed by atoms with van der Waals surface area (Å²) in [5, 5.41) is 0. The van der Waals surface area contributed by atoms with Crippen molar-refractivity contribution < 1.29 is 0 Å². The molecule has 2 rings (SSSR count). The van der Waals surface area contributed by atoms with E-state index in [1.165, 1.54) is 24.0 Å². The maximum Gasteiger partial charge on any atom is 0.0100 e. The second-order valence-corrected chi connectivity index (χ2v) is 5.50. The lowest BCUT2D eigenvalue weighted by Crippen LogP contribution is -2.32. The van der Waals surface area contributed by atoms with Crippen molar-refractivity contribution in [2.75, 3.05) is 0 Å². The van der Waals surface area contributed by atoms with Crippen LogP contribution in [-0.4, -0.2) is 5.54 Å². The van der Waals surface area contributed by atoms with Crippen LogP contribution in [-0.2, 0) is 6.42 Å². The van der Waals surface area contributed by atoms with Crippen molar-refractivity contribution in [3.63, 3.8) is 0 Å². The third-order valence-corrected chi connectivity index (χ3v) is 3.09. The normalized spacial score (nSPS) is 16.7. The fraction of sp³-hybridized carbons (Fsp3) is 0.571. The molecule has 82 valence electrons. The number of nitrogens with two attached hydrogens (primary N) is 1. The Morgan fingerprint density at radius 2 is 1.80 bits per heavy atom. The van der Waals surface area contributed by atoms with Crippen molar-refractivity contribution in [1.29, 1.82) is 0 Å². The summed E-state index contributed by atoms with van der Waals surface area (Å²) in [5.41, 5.74) is 8.86. The topological polar surface area (TPSA) is 26.0 Å². The average molecular weight is 203 g/mol. The van der Waals surface area contributed by atoms with E-state index in [9.17, 15) is 0 Å². The fourth-order valence-corrected chi connectivity index (χ4v) is 1.84. The summed E-state index contributed by atoms with van der Waals surface area (Å²) in [5.74, 6) is 0.866. The Morgan fingerprint density at radius 1 is 1.20 bits per heavy atom. The van der Waals surface area contributed by atoms with Gasteiger partial charge in [0.25, 0.3) is 0 Å². The van der Waals surface area contributed by atoms with Gasteiger partial charge < -0.3 is 5.73 Å². The monoisotopic (exact) mass is 203 g/mol. The van der Waals surface area contributed by atoms with Gasteiger partial charge in [0.2, 0.25) is 0 Å². The minimum Gasteiger partial charge on any atom is -0.326 e. The van der Waals surface area contributed by atoms with Crippen LogP contribution in [0.3, 0.4) is 0 Å². The average Bonchev–Trinajstić information content (AvgIpc) is 2.98. The first-order valence-corrected chi connectivity index (χ1v) is 5.92. The standard InChI is InChI=1S/C14H21N/c1-14(2,15)10-9-11-3-5-12(6-4-11)13-7-8-13/h3-6,13H,7-10,15H2,1-2H3. The summed E-state index contributed by atoms with van der Waals surface area (Å²) >= 11 is 0. The van der Waals surface area contributed by atoms with Crippen LogP contribution in [0.2, 0.25) is 0 Å². The Hall–Kier alpha value is -0.820. The minimum atomic E-state index is -0.0465. The molecule has 0 spiro atoms. The van der Waals surface area contributed by atoms with Crippen molar-refractivity contribution in [2.24, 2.45) is 5.73 Å². The van der Waals surface area contributed by atoms with E-state index in [2.05, 4.69) is 38.1 Å². The Morgan fingerprint density at radius 3 is 2.27 bits per heavy atom. The summed E-state index contributed by atoms with van der Waals surface area (Å²) in [6.07, 6.45) is 4.91. The summed E-state index contributed by atoms with van der Waals surface area (Å²) in [6.45, 7) is 4.18. The van der Waals surface area contributed by atoms with Gasteiger partial charge >= 0.3 is 0 Å². The largest absolute Gasteiger partial charge is 0.326 e. The van der Waals surface area contributed by atoms with Crippen molar-refractivity contribution >= 4 is 0 Å². The van der Waals surface area contributed by atoms with E-state index in [0.29, 0.717) is 0 Å². The molecule has 1 saturated carbocycles. The molecular formula is C14H21N. The van der Waals surface area contributed by atoms with Gasteiger partial charge in [-0.3, -0.25) is 0 Å². The highest BCUT2D eigenvalue weighted by Gasteiger charge is 2.22. The van der Waals surface area contributed by atoms with Crippen molar-refractivity contribution in [2.45, 2.75) is 51.0 Å². The number of hydrogen-bond donors (Lipinski definition) is 1. The molecular weight excluding hydrogens is 182 g/mol. The van der Waals surface area contributed by atoms with E-state index in [4.69, 9.17) is 5.73 Å². The van der Waals surface area contributed by atoms with Crippen LogP contribution in [0, 0.1) is 0 Å². The van der Waals surface area contributed by atoms with E-state index in [-0.39, 0.29) is 5.54 Å². The zero-order valence-corrected chi connectivity index (χ0v) is 9.79. The van der Waals surface area contributed by atoms with E-state index in [0.717, 1.165) is 18.8 Å². The summed E-state index contributed by atoms with van der Waals surface area (Å²) in [6, 6.07) is 9.10. The van der Waals surface area contributed by atoms with Crippen molar-refractivity contribution in [3.8, 4) is 0 Å². The summed E-state index contributed by atoms with van der Waals surface area (Å²) in [4.78, 5) is 0. The molecule has 0 amide bonds. The molecule has 1 aromatic rings. The highest BCUT2D eigenvalue weighted by Crippen LogP contribution is 2.39. The molecule has 0 unspecified atom stereocenters.